The van der Waals surface area contributed by atoms with Crippen LogP contribution >= 0.6 is 0 Å². The van der Waals surface area contributed by atoms with E-state index in [0.29, 0.717) is 12.1 Å². The maximum Gasteiger partial charge on any atom is 0.248 e. The molecule has 0 heterocycles. The summed E-state index contributed by atoms with van der Waals surface area (Å²) in [5, 5.41) is 3.30. The van der Waals surface area contributed by atoms with Gasteiger partial charge in [-0.3, -0.25) is 4.79 Å². The third kappa shape index (κ3) is 3.29. The standard InChI is InChI=1S/C16H18N2O2/c1-11-6-7-14(15(8-11)20-2)18-10-12-4-3-5-13(9-12)16(17)19/h3-9,18H,10H2,1-2H3,(H2,17,19). The molecule has 2 rings (SSSR count). The topological polar surface area (TPSA) is 64.3 Å². The number of amides is 1. The molecule has 1 amide bonds. The van der Waals surface area contributed by atoms with Crippen molar-refractivity contribution in [1.29, 1.82) is 0 Å². The van der Waals surface area contributed by atoms with E-state index in [4.69, 9.17) is 10.5 Å². The highest BCUT2D eigenvalue weighted by atomic mass is 16.5. The molecule has 2 aromatic rings. The predicted octanol–water partition coefficient (Wildman–Crippen LogP) is 2.71. The van der Waals surface area contributed by atoms with Crippen LogP contribution in [0.25, 0.3) is 0 Å². The largest absolute Gasteiger partial charge is 0.495 e. The van der Waals surface area contributed by atoms with E-state index in [1.165, 1.54) is 0 Å². The zero-order chi connectivity index (χ0) is 14.5. The SMILES string of the molecule is COc1cc(C)ccc1NCc1cccc(C(N)=O)c1. The lowest BCUT2D eigenvalue weighted by molar-refractivity contribution is 0.1000. The summed E-state index contributed by atoms with van der Waals surface area (Å²) >= 11 is 0. The zero-order valence-electron chi connectivity index (χ0n) is 11.6. The molecule has 0 radical (unpaired) electrons. The van der Waals surface area contributed by atoms with Gasteiger partial charge in [-0.15, -0.1) is 0 Å². The molecule has 0 aliphatic heterocycles. The minimum atomic E-state index is -0.417. The predicted molar refractivity (Wildman–Crippen MR) is 80.0 cm³/mol. The molecule has 0 aliphatic carbocycles. The van der Waals surface area contributed by atoms with Crippen LogP contribution in [0, 0.1) is 6.92 Å². The van der Waals surface area contributed by atoms with Crippen molar-refractivity contribution in [2.75, 3.05) is 12.4 Å². The molecule has 0 unspecified atom stereocenters. The molecule has 3 N–H and O–H groups in total. The van der Waals surface area contributed by atoms with E-state index < -0.39 is 5.91 Å². The average molecular weight is 270 g/mol. The number of carbonyl (C=O) groups is 1. The Hall–Kier alpha value is -2.49. The Morgan fingerprint density at radius 3 is 2.75 bits per heavy atom. The Kier molecular flexibility index (Phi) is 4.25. The Labute approximate surface area is 118 Å². The van der Waals surface area contributed by atoms with E-state index in [0.717, 1.165) is 22.6 Å². The van der Waals surface area contributed by atoms with E-state index >= 15 is 0 Å². The van der Waals surface area contributed by atoms with Gasteiger partial charge in [0, 0.05) is 12.1 Å². The fourth-order valence-electron chi connectivity index (χ4n) is 1.98. The van der Waals surface area contributed by atoms with Gasteiger partial charge in [0.1, 0.15) is 5.75 Å². The van der Waals surface area contributed by atoms with Gasteiger partial charge >= 0.3 is 0 Å². The maximum atomic E-state index is 11.1. The Bertz CT molecular complexity index is 624. The number of ether oxygens (including phenoxy) is 1. The molecule has 0 aromatic heterocycles. The number of anilines is 1. The number of primary amides is 1. The molecule has 0 fully saturated rings. The van der Waals surface area contributed by atoms with E-state index in [-0.39, 0.29) is 0 Å². The third-order valence-electron chi connectivity index (χ3n) is 3.05. The minimum absolute atomic E-state index is 0.417. The summed E-state index contributed by atoms with van der Waals surface area (Å²) in [6, 6.07) is 13.2. The van der Waals surface area contributed by atoms with Gasteiger partial charge in [0.15, 0.2) is 0 Å². The number of methoxy groups -OCH3 is 1. The van der Waals surface area contributed by atoms with Crippen molar-refractivity contribution >= 4 is 11.6 Å². The average Bonchev–Trinajstić information content (AvgIpc) is 2.46. The van der Waals surface area contributed by atoms with Crippen molar-refractivity contribution < 1.29 is 9.53 Å². The van der Waals surface area contributed by atoms with Gasteiger partial charge in [-0.25, -0.2) is 0 Å². The number of rotatable bonds is 5. The summed E-state index contributed by atoms with van der Waals surface area (Å²) in [6.07, 6.45) is 0. The van der Waals surface area contributed by atoms with Crippen molar-refractivity contribution in [2.45, 2.75) is 13.5 Å². The highest BCUT2D eigenvalue weighted by Gasteiger charge is 2.04. The maximum absolute atomic E-state index is 11.1. The fourth-order valence-corrected chi connectivity index (χ4v) is 1.98. The normalized spacial score (nSPS) is 10.1. The molecular weight excluding hydrogens is 252 g/mol. The van der Waals surface area contributed by atoms with E-state index in [9.17, 15) is 4.79 Å². The first-order valence-corrected chi connectivity index (χ1v) is 6.37. The summed E-state index contributed by atoms with van der Waals surface area (Å²) in [7, 11) is 1.65. The molecule has 20 heavy (non-hydrogen) atoms. The summed E-state index contributed by atoms with van der Waals surface area (Å²) in [4.78, 5) is 11.1. The first kappa shape index (κ1) is 13.9. The van der Waals surface area contributed by atoms with Gasteiger partial charge in [0.05, 0.1) is 12.8 Å². The van der Waals surface area contributed by atoms with Crippen molar-refractivity contribution in [1.82, 2.24) is 0 Å². The molecule has 4 heteroatoms. The molecule has 2 aromatic carbocycles. The second-order valence-corrected chi connectivity index (χ2v) is 4.62. The van der Waals surface area contributed by atoms with Crippen LogP contribution < -0.4 is 15.8 Å². The number of hydrogen-bond donors (Lipinski definition) is 2. The molecule has 104 valence electrons. The van der Waals surface area contributed by atoms with Crippen LogP contribution in [0.15, 0.2) is 42.5 Å². The third-order valence-corrected chi connectivity index (χ3v) is 3.05. The molecule has 4 nitrogen and oxygen atoms in total. The number of benzene rings is 2. The van der Waals surface area contributed by atoms with Gasteiger partial charge in [-0.2, -0.15) is 0 Å². The number of aryl methyl sites for hydroxylation is 1. The van der Waals surface area contributed by atoms with Crippen LogP contribution in [0.3, 0.4) is 0 Å². The van der Waals surface area contributed by atoms with Gasteiger partial charge in [-0.05, 0) is 42.3 Å². The van der Waals surface area contributed by atoms with Crippen molar-refractivity contribution in [2.24, 2.45) is 5.73 Å². The summed E-state index contributed by atoms with van der Waals surface area (Å²) < 4.78 is 5.34. The molecule has 0 saturated carbocycles. The number of nitrogens with two attached hydrogens (primary N) is 1. The number of hydrogen-bond acceptors (Lipinski definition) is 3. The van der Waals surface area contributed by atoms with Crippen LogP contribution in [0.2, 0.25) is 0 Å². The van der Waals surface area contributed by atoms with Gasteiger partial charge in [0.25, 0.3) is 0 Å². The second-order valence-electron chi connectivity index (χ2n) is 4.62. The Morgan fingerprint density at radius 2 is 2.05 bits per heavy atom. The first-order valence-electron chi connectivity index (χ1n) is 6.37. The van der Waals surface area contributed by atoms with Gasteiger partial charge < -0.3 is 15.8 Å². The summed E-state index contributed by atoms with van der Waals surface area (Å²) in [5.41, 5.74) is 8.84. The lowest BCUT2D eigenvalue weighted by atomic mass is 10.1. The Balaban J connectivity index is 2.12. The van der Waals surface area contributed by atoms with Gasteiger partial charge in [0.2, 0.25) is 5.91 Å². The van der Waals surface area contributed by atoms with Crippen LogP contribution in [0.5, 0.6) is 5.75 Å². The lowest BCUT2D eigenvalue weighted by Crippen LogP contribution is -2.11. The zero-order valence-corrected chi connectivity index (χ0v) is 11.6. The lowest BCUT2D eigenvalue weighted by Gasteiger charge is -2.12. The highest BCUT2D eigenvalue weighted by Crippen LogP contribution is 2.25. The van der Waals surface area contributed by atoms with E-state index in [1.807, 2.05) is 37.3 Å². The Morgan fingerprint density at radius 1 is 1.25 bits per heavy atom. The number of carbonyl (C=O) groups excluding carboxylic acids is 1. The molecule has 0 bridgehead atoms. The summed E-state index contributed by atoms with van der Waals surface area (Å²) in [5.74, 6) is 0.385. The van der Waals surface area contributed by atoms with Crippen molar-refractivity contribution in [3.8, 4) is 5.75 Å². The van der Waals surface area contributed by atoms with Crippen LogP contribution in [0.1, 0.15) is 21.5 Å². The molecule has 0 spiro atoms. The molecule has 0 saturated heterocycles. The quantitative estimate of drug-likeness (QED) is 0.878. The fraction of sp³-hybridized carbons (Fsp3) is 0.188. The smallest absolute Gasteiger partial charge is 0.248 e. The monoisotopic (exact) mass is 270 g/mol. The van der Waals surface area contributed by atoms with Crippen LogP contribution in [0.4, 0.5) is 5.69 Å². The first-order chi connectivity index (χ1) is 9.60. The second kappa shape index (κ2) is 6.10. The van der Waals surface area contributed by atoms with E-state index in [1.54, 1.807) is 19.2 Å². The molecule has 0 atom stereocenters. The van der Waals surface area contributed by atoms with Gasteiger partial charge in [-0.1, -0.05) is 18.2 Å². The van der Waals surface area contributed by atoms with Crippen LogP contribution in [-0.2, 0) is 6.54 Å². The van der Waals surface area contributed by atoms with Crippen molar-refractivity contribution in [3.05, 3.63) is 59.2 Å². The van der Waals surface area contributed by atoms with Crippen molar-refractivity contribution in [3.63, 3.8) is 0 Å². The molecular formula is C16H18N2O2. The highest BCUT2D eigenvalue weighted by molar-refractivity contribution is 5.92. The number of nitrogens with one attached hydrogen (secondary N) is 1. The summed E-state index contributed by atoms with van der Waals surface area (Å²) in [6.45, 7) is 2.61. The van der Waals surface area contributed by atoms with E-state index in [2.05, 4.69) is 5.32 Å². The minimum Gasteiger partial charge on any atom is -0.495 e. The molecule has 0 aliphatic rings. The van der Waals surface area contributed by atoms with Crippen LogP contribution in [-0.4, -0.2) is 13.0 Å².